The molecule has 0 unspecified atom stereocenters. The second-order valence-corrected chi connectivity index (χ2v) is 6.29. The zero-order valence-corrected chi connectivity index (χ0v) is 13.5. The van der Waals surface area contributed by atoms with Crippen LogP contribution in [0.1, 0.15) is 25.5 Å². The Balaban J connectivity index is 1.86. The normalized spacial score (nSPS) is 21.0. The van der Waals surface area contributed by atoms with Crippen LogP contribution in [-0.4, -0.2) is 39.5 Å². The Hall–Kier alpha value is -2.70. The number of hydrogen-bond donors (Lipinski definition) is 2. The van der Waals surface area contributed by atoms with Gasteiger partial charge in [-0.1, -0.05) is 18.2 Å². The summed E-state index contributed by atoms with van der Waals surface area (Å²) in [6.07, 6.45) is 1.53. The predicted molar refractivity (Wildman–Crippen MR) is 89.2 cm³/mol. The summed E-state index contributed by atoms with van der Waals surface area (Å²) in [4.78, 5) is 37.7. The first-order valence-corrected chi connectivity index (χ1v) is 8.02. The van der Waals surface area contributed by atoms with Gasteiger partial charge in [-0.15, -0.1) is 0 Å². The molecule has 0 saturated carbocycles. The molecule has 2 aromatic rings. The van der Waals surface area contributed by atoms with Crippen LogP contribution in [0.5, 0.6) is 0 Å². The Morgan fingerprint density at radius 1 is 1.29 bits per heavy atom. The number of nitrogens with one attached hydrogen (secondary N) is 1. The molecule has 3 rings (SSSR count). The topological polar surface area (TPSA) is 109 Å². The molecule has 1 aliphatic heterocycles. The minimum absolute atomic E-state index is 0.0575. The number of benzene rings is 1. The van der Waals surface area contributed by atoms with Crippen molar-refractivity contribution in [1.82, 2.24) is 15.1 Å². The standard InChI is InChI=1S/C17H20N4O3/c1-10-6-7-11(16(18)23)9-21(10)15(22)8-14-12-4-2-3-5-13(12)17(24)20-19-14/h2-5,10-11H,6-9H2,1H3,(H2,18,23)(H,20,24)/t10-,11+/m1/s1. The van der Waals surface area contributed by atoms with Crippen molar-refractivity contribution in [3.63, 3.8) is 0 Å². The molecule has 2 heterocycles. The van der Waals surface area contributed by atoms with Gasteiger partial charge in [-0.05, 0) is 25.8 Å². The third kappa shape index (κ3) is 3.02. The summed E-state index contributed by atoms with van der Waals surface area (Å²) in [5.74, 6) is -0.782. The van der Waals surface area contributed by atoms with Gasteiger partial charge in [0.15, 0.2) is 0 Å². The van der Waals surface area contributed by atoms with Gasteiger partial charge in [0.1, 0.15) is 0 Å². The molecule has 24 heavy (non-hydrogen) atoms. The van der Waals surface area contributed by atoms with Crippen molar-refractivity contribution < 1.29 is 9.59 Å². The molecule has 1 aliphatic rings. The molecule has 0 aliphatic carbocycles. The van der Waals surface area contributed by atoms with Crippen molar-refractivity contribution in [3.05, 3.63) is 40.3 Å². The van der Waals surface area contributed by atoms with Gasteiger partial charge in [-0.25, -0.2) is 5.10 Å². The third-order valence-electron chi connectivity index (χ3n) is 4.70. The van der Waals surface area contributed by atoms with E-state index in [4.69, 9.17) is 5.73 Å². The highest BCUT2D eigenvalue weighted by Gasteiger charge is 2.31. The molecule has 3 N–H and O–H groups in total. The summed E-state index contributed by atoms with van der Waals surface area (Å²) in [6, 6.07) is 7.13. The lowest BCUT2D eigenvalue weighted by Gasteiger charge is -2.37. The highest BCUT2D eigenvalue weighted by atomic mass is 16.2. The van der Waals surface area contributed by atoms with E-state index in [-0.39, 0.29) is 35.8 Å². The van der Waals surface area contributed by atoms with Crippen molar-refractivity contribution in [2.75, 3.05) is 6.54 Å². The number of primary amides is 1. The summed E-state index contributed by atoms with van der Waals surface area (Å²) < 4.78 is 0. The number of nitrogens with zero attached hydrogens (tertiary/aromatic N) is 2. The van der Waals surface area contributed by atoms with E-state index < -0.39 is 0 Å². The quantitative estimate of drug-likeness (QED) is 0.858. The second kappa shape index (κ2) is 6.43. The van der Waals surface area contributed by atoms with Gasteiger partial charge in [-0.3, -0.25) is 14.4 Å². The largest absolute Gasteiger partial charge is 0.369 e. The fourth-order valence-corrected chi connectivity index (χ4v) is 3.24. The molecule has 0 radical (unpaired) electrons. The molecule has 7 nitrogen and oxygen atoms in total. The van der Waals surface area contributed by atoms with Crippen LogP contribution >= 0.6 is 0 Å². The molecule has 7 heteroatoms. The van der Waals surface area contributed by atoms with E-state index in [9.17, 15) is 14.4 Å². The van der Waals surface area contributed by atoms with Gasteiger partial charge in [-0.2, -0.15) is 5.10 Å². The lowest BCUT2D eigenvalue weighted by Crippen LogP contribution is -2.49. The number of rotatable bonds is 3. The highest BCUT2D eigenvalue weighted by Crippen LogP contribution is 2.23. The first-order chi connectivity index (χ1) is 11.5. The van der Waals surface area contributed by atoms with E-state index >= 15 is 0 Å². The summed E-state index contributed by atoms with van der Waals surface area (Å²) in [7, 11) is 0. The molecule has 2 atom stereocenters. The van der Waals surface area contributed by atoms with E-state index in [0.717, 1.165) is 6.42 Å². The average molecular weight is 328 g/mol. The van der Waals surface area contributed by atoms with Crippen LogP contribution in [0.15, 0.2) is 29.1 Å². The molecule has 2 amide bonds. The molecule has 1 aromatic carbocycles. The summed E-state index contributed by atoms with van der Waals surface area (Å²) in [6.45, 7) is 2.31. The van der Waals surface area contributed by atoms with Gasteiger partial charge in [0.25, 0.3) is 5.56 Å². The number of likely N-dealkylation sites (tertiary alicyclic amines) is 1. The van der Waals surface area contributed by atoms with Crippen LogP contribution in [0.4, 0.5) is 0 Å². The zero-order valence-electron chi connectivity index (χ0n) is 13.5. The van der Waals surface area contributed by atoms with Crippen molar-refractivity contribution in [2.45, 2.75) is 32.2 Å². The Kier molecular flexibility index (Phi) is 4.33. The number of hydrogen-bond acceptors (Lipinski definition) is 4. The van der Waals surface area contributed by atoms with Gasteiger partial charge in [0, 0.05) is 18.0 Å². The van der Waals surface area contributed by atoms with E-state index in [1.54, 1.807) is 23.1 Å². The van der Waals surface area contributed by atoms with Gasteiger partial charge in [0.05, 0.1) is 23.4 Å². The van der Waals surface area contributed by atoms with Crippen molar-refractivity contribution in [2.24, 2.45) is 11.7 Å². The van der Waals surface area contributed by atoms with E-state index in [1.807, 2.05) is 13.0 Å². The molecular weight excluding hydrogens is 308 g/mol. The fraction of sp³-hybridized carbons (Fsp3) is 0.412. The van der Waals surface area contributed by atoms with Crippen LogP contribution < -0.4 is 11.3 Å². The van der Waals surface area contributed by atoms with Gasteiger partial charge < -0.3 is 10.6 Å². The number of piperidine rings is 1. The Morgan fingerprint density at radius 3 is 2.71 bits per heavy atom. The maximum Gasteiger partial charge on any atom is 0.272 e. The predicted octanol–water partition coefficient (Wildman–Crippen LogP) is 0.578. The maximum atomic E-state index is 12.7. The first-order valence-electron chi connectivity index (χ1n) is 8.02. The lowest BCUT2D eigenvalue weighted by atomic mass is 9.92. The molecule has 1 saturated heterocycles. The monoisotopic (exact) mass is 328 g/mol. The van der Waals surface area contributed by atoms with Crippen LogP contribution in [-0.2, 0) is 16.0 Å². The zero-order chi connectivity index (χ0) is 17.3. The SMILES string of the molecule is C[C@@H]1CC[C@H](C(N)=O)CN1C(=O)Cc1n[nH]c(=O)c2ccccc12. The minimum atomic E-state index is -0.368. The Bertz CT molecular complexity index is 845. The third-order valence-corrected chi connectivity index (χ3v) is 4.70. The Morgan fingerprint density at radius 2 is 2.00 bits per heavy atom. The van der Waals surface area contributed by atoms with Crippen molar-refractivity contribution in [3.8, 4) is 0 Å². The van der Waals surface area contributed by atoms with Gasteiger partial charge >= 0.3 is 0 Å². The van der Waals surface area contributed by atoms with Crippen LogP contribution in [0.25, 0.3) is 10.8 Å². The number of aromatic amines is 1. The number of fused-ring (bicyclic) bond motifs is 1. The van der Waals surface area contributed by atoms with E-state index in [0.29, 0.717) is 29.4 Å². The van der Waals surface area contributed by atoms with E-state index in [2.05, 4.69) is 10.2 Å². The first kappa shape index (κ1) is 16.2. The number of amides is 2. The van der Waals surface area contributed by atoms with Crippen LogP contribution in [0, 0.1) is 5.92 Å². The van der Waals surface area contributed by atoms with Crippen LogP contribution in [0.3, 0.4) is 0 Å². The average Bonchev–Trinajstić information content (AvgIpc) is 2.57. The van der Waals surface area contributed by atoms with Crippen molar-refractivity contribution >= 4 is 22.6 Å². The van der Waals surface area contributed by atoms with Crippen molar-refractivity contribution in [1.29, 1.82) is 0 Å². The molecule has 0 spiro atoms. The molecule has 1 aromatic heterocycles. The fourth-order valence-electron chi connectivity index (χ4n) is 3.24. The minimum Gasteiger partial charge on any atom is -0.369 e. The summed E-state index contributed by atoms with van der Waals surface area (Å²) in [5, 5.41) is 7.67. The number of aromatic nitrogens is 2. The molecular formula is C17H20N4O3. The van der Waals surface area contributed by atoms with Gasteiger partial charge in [0.2, 0.25) is 11.8 Å². The van der Waals surface area contributed by atoms with E-state index in [1.165, 1.54) is 0 Å². The smallest absolute Gasteiger partial charge is 0.272 e. The molecule has 1 fully saturated rings. The number of carbonyl (C=O) groups is 2. The summed E-state index contributed by atoms with van der Waals surface area (Å²) >= 11 is 0. The maximum absolute atomic E-state index is 12.7. The molecule has 126 valence electrons. The second-order valence-electron chi connectivity index (χ2n) is 6.29. The highest BCUT2D eigenvalue weighted by molar-refractivity contribution is 5.88. The molecule has 0 bridgehead atoms. The Labute approximate surface area is 138 Å². The number of nitrogens with two attached hydrogens (primary N) is 1. The number of carbonyl (C=O) groups excluding carboxylic acids is 2. The van der Waals surface area contributed by atoms with Crippen LogP contribution in [0.2, 0.25) is 0 Å². The summed E-state index contributed by atoms with van der Waals surface area (Å²) in [5.41, 5.74) is 5.64. The number of H-pyrrole nitrogens is 1. The lowest BCUT2D eigenvalue weighted by molar-refractivity contribution is -0.137.